The summed E-state index contributed by atoms with van der Waals surface area (Å²) in [5, 5.41) is 1.48. The van der Waals surface area contributed by atoms with E-state index in [9.17, 15) is 0 Å². The Hall–Kier alpha value is -0.240. The Morgan fingerprint density at radius 3 is 2.69 bits per heavy atom. The van der Waals surface area contributed by atoms with Crippen molar-refractivity contribution in [2.75, 3.05) is 0 Å². The highest BCUT2D eigenvalue weighted by molar-refractivity contribution is 6.35. The lowest BCUT2D eigenvalue weighted by Gasteiger charge is -2.15. The van der Waals surface area contributed by atoms with Gasteiger partial charge >= 0.3 is 0 Å². The molecule has 2 unspecified atom stereocenters. The van der Waals surface area contributed by atoms with Crippen molar-refractivity contribution in [3.05, 3.63) is 33.8 Å². The van der Waals surface area contributed by atoms with Crippen LogP contribution in [-0.2, 0) is 6.42 Å². The summed E-state index contributed by atoms with van der Waals surface area (Å²) in [6, 6.07) is 6.13. The quantitative estimate of drug-likeness (QED) is 0.869. The lowest BCUT2D eigenvalue weighted by molar-refractivity contribution is 0.447. The van der Waals surface area contributed by atoms with Crippen LogP contribution in [0.5, 0.6) is 0 Å². The van der Waals surface area contributed by atoms with Gasteiger partial charge in [0.05, 0.1) is 0 Å². The van der Waals surface area contributed by atoms with Gasteiger partial charge in [-0.2, -0.15) is 0 Å². The van der Waals surface area contributed by atoms with Gasteiger partial charge in [0.15, 0.2) is 0 Å². The molecule has 2 atom stereocenters. The molecule has 1 fully saturated rings. The van der Waals surface area contributed by atoms with Crippen LogP contribution in [-0.4, -0.2) is 6.04 Å². The van der Waals surface area contributed by atoms with E-state index >= 15 is 0 Å². The van der Waals surface area contributed by atoms with E-state index in [0.717, 1.165) is 17.9 Å². The van der Waals surface area contributed by atoms with Gasteiger partial charge in [-0.05, 0) is 49.3 Å². The number of halogens is 2. The minimum atomic E-state index is 0.395. The minimum Gasteiger partial charge on any atom is -0.327 e. The van der Waals surface area contributed by atoms with Crippen LogP contribution < -0.4 is 5.73 Å². The van der Waals surface area contributed by atoms with Crippen LogP contribution in [0.15, 0.2) is 18.2 Å². The summed E-state index contributed by atoms with van der Waals surface area (Å²) < 4.78 is 0. The van der Waals surface area contributed by atoms with E-state index in [1.807, 2.05) is 18.2 Å². The van der Waals surface area contributed by atoms with E-state index in [4.69, 9.17) is 28.9 Å². The van der Waals surface area contributed by atoms with Gasteiger partial charge in [0.2, 0.25) is 0 Å². The maximum absolute atomic E-state index is 6.14. The summed E-state index contributed by atoms with van der Waals surface area (Å²) in [6.45, 7) is 0. The molecular weight excluding hydrogens is 241 g/mol. The SMILES string of the molecule is NC1CCCC1CCc1ccc(Cl)cc1Cl. The highest BCUT2D eigenvalue weighted by Gasteiger charge is 2.23. The summed E-state index contributed by atoms with van der Waals surface area (Å²) in [5.74, 6) is 0.673. The molecule has 0 spiro atoms. The summed E-state index contributed by atoms with van der Waals surface area (Å²) in [5.41, 5.74) is 7.24. The van der Waals surface area contributed by atoms with E-state index in [-0.39, 0.29) is 0 Å². The Morgan fingerprint density at radius 2 is 2.06 bits per heavy atom. The summed E-state index contributed by atoms with van der Waals surface area (Å²) >= 11 is 12.0. The number of hydrogen-bond acceptors (Lipinski definition) is 1. The number of aryl methyl sites for hydroxylation is 1. The largest absolute Gasteiger partial charge is 0.327 e. The second kappa shape index (κ2) is 5.39. The molecule has 0 radical (unpaired) electrons. The third kappa shape index (κ3) is 2.91. The van der Waals surface area contributed by atoms with Crippen LogP contribution in [0, 0.1) is 5.92 Å². The van der Waals surface area contributed by atoms with Crippen molar-refractivity contribution in [2.24, 2.45) is 11.7 Å². The third-order valence-electron chi connectivity index (χ3n) is 3.52. The third-order valence-corrected chi connectivity index (χ3v) is 4.10. The minimum absolute atomic E-state index is 0.395. The first kappa shape index (κ1) is 12.2. The van der Waals surface area contributed by atoms with Crippen molar-refractivity contribution in [3.8, 4) is 0 Å². The highest BCUT2D eigenvalue weighted by atomic mass is 35.5. The average Bonchev–Trinajstić information content (AvgIpc) is 2.63. The zero-order valence-electron chi connectivity index (χ0n) is 9.26. The number of rotatable bonds is 3. The van der Waals surface area contributed by atoms with Gasteiger partial charge < -0.3 is 5.73 Å². The Morgan fingerprint density at radius 1 is 1.25 bits per heavy atom. The number of benzene rings is 1. The van der Waals surface area contributed by atoms with Gasteiger partial charge in [-0.15, -0.1) is 0 Å². The molecule has 1 aliphatic carbocycles. The van der Waals surface area contributed by atoms with Crippen molar-refractivity contribution in [1.82, 2.24) is 0 Å². The van der Waals surface area contributed by atoms with E-state index in [1.165, 1.54) is 24.8 Å². The number of nitrogens with two attached hydrogens (primary N) is 1. The lowest BCUT2D eigenvalue weighted by atomic mass is 9.95. The van der Waals surface area contributed by atoms with Gasteiger partial charge in [0.1, 0.15) is 0 Å². The predicted molar refractivity (Wildman–Crippen MR) is 70.1 cm³/mol. The first-order chi connectivity index (χ1) is 7.66. The fraction of sp³-hybridized carbons (Fsp3) is 0.538. The van der Waals surface area contributed by atoms with E-state index in [1.54, 1.807) is 0 Å². The summed E-state index contributed by atoms with van der Waals surface area (Å²) in [4.78, 5) is 0. The zero-order valence-corrected chi connectivity index (χ0v) is 10.8. The fourth-order valence-electron chi connectivity index (χ4n) is 2.49. The van der Waals surface area contributed by atoms with Crippen molar-refractivity contribution in [2.45, 2.75) is 38.1 Å². The van der Waals surface area contributed by atoms with Crippen molar-refractivity contribution in [1.29, 1.82) is 0 Å². The zero-order chi connectivity index (χ0) is 11.5. The average molecular weight is 258 g/mol. The first-order valence-corrected chi connectivity index (χ1v) is 6.62. The monoisotopic (exact) mass is 257 g/mol. The number of hydrogen-bond donors (Lipinski definition) is 1. The summed E-state index contributed by atoms with van der Waals surface area (Å²) in [7, 11) is 0. The van der Waals surface area contributed by atoms with Crippen LogP contribution >= 0.6 is 23.2 Å². The molecule has 0 bridgehead atoms. The normalized spacial score (nSPS) is 24.9. The maximum atomic E-state index is 6.14. The molecule has 1 nitrogen and oxygen atoms in total. The van der Waals surface area contributed by atoms with E-state index in [2.05, 4.69) is 0 Å². The molecule has 1 aromatic carbocycles. The van der Waals surface area contributed by atoms with E-state index in [0.29, 0.717) is 17.0 Å². The molecule has 0 heterocycles. The Balaban J connectivity index is 1.94. The molecular formula is C13H17Cl2N. The van der Waals surface area contributed by atoms with Crippen LogP contribution in [0.25, 0.3) is 0 Å². The van der Waals surface area contributed by atoms with Gasteiger partial charge in [-0.1, -0.05) is 35.7 Å². The van der Waals surface area contributed by atoms with Crippen LogP contribution in [0.1, 0.15) is 31.2 Å². The molecule has 0 aliphatic heterocycles. The van der Waals surface area contributed by atoms with Gasteiger partial charge in [-0.25, -0.2) is 0 Å². The standard InChI is InChI=1S/C13H17Cl2N/c14-11-7-6-9(12(15)8-11)4-5-10-2-1-3-13(10)16/h6-8,10,13H,1-5,16H2. The van der Waals surface area contributed by atoms with Crippen molar-refractivity contribution < 1.29 is 0 Å². The van der Waals surface area contributed by atoms with Gasteiger partial charge in [0.25, 0.3) is 0 Å². The highest BCUT2D eigenvalue weighted by Crippen LogP contribution is 2.30. The maximum Gasteiger partial charge on any atom is 0.0452 e. The lowest BCUT2D eigenvalue weighted by Crippen LogP contribution is -2.24. The molecule has 0 aromatic heterocycles. The van der Waals surface area contributed by atoms with E-state index < -0.39 is 0 Å². The molecule has 2 N–H and O–H groups in total. The molecule has 1 saturated carbocycles. The fourth-order valence-corrected chi connectivity index (χ4v) is 2.99. The topological polar surface area (TPSA) is 26.0 Å². The molecule has 16 heavy (non-hydrogen) atoms. The molecule has 1 aromatic rings. The second-order valence-electron chi connectivity index (χ2n) is 4.63. The van der Waals surface area contributed by atoms with Crippen LogP contribution in [0.4, 0.5) is 0 Å². The van der Waals surface area contributed by atoms with Crippen LogP contribution in [0.3, 0.4) is 0 Å². The predicted octanol–water partition coefficient (Wildman–Crippen LogP) is 4.05. The molecule has 88 valence electrons. The van der Waals surface area contributed by atoms with Crippen molar-refractivity contribution in [3.63, 3.8) is 0 Å². The van der Waals surface area contributed by atoms with Gasteiger partial charge in [-0.3, -0.25) is 0 Å². The molecule has 0 amide bonds. The first-order valence-electron chi connectivity index (χ1n) is 5.86. The smallest absolute Gasteiger partial charge is 0.0452 e. The Labute approximate surface area is 107 Å². The Bertz CT molecular complexity index is 365. The molecule has 1 aliphatic rings. The van der Waals surface area contributed by atoms with Crippen molar-refractivity contribution >= 4 is 23.2 Å². The Kier molecular flexibility index (Phi) is 4.12. The molecule has 2 rings (SSSR count). The molecule has 3 heteroatoms. The van der Waals surface area contributed by atoms with Gasteiger partial charge in [0, 0.05) is 16.1 Å². The molecule has 0 saturated heterocycles. The second-order valence-corrected chi connectivity index (χ2v) is 5.47. The summed E-state index contributed by atoms with van der Waals surface area (Å²) in [6.07, 6.45) is 5.88. The van der Waals surface area contributed by atoms with Crippen LogP contribution in [0.2, 0.25) is 10.0 Å².